The Morgan fingerprint density at radius 1 is 0.826 bits per heavy atom. The second-order valence-electron chi connectivity index (χ2n) is 4.48. The molecular formula is C13H8N6O4. The van der Waals surface area contributed by atoms with Gasteiger partial charge in [-0.1, -0.05) is 0 Å². The van der Waals surface area contributed by atoms with Gasteiger partial charge in [0.15, 0.2) is 0 Å². The lowest BCUT2D eigenvalue weighted by Gasteiger charge is -1.97. The predicted octanol–water partition coefficient (Wildman–Crippen LogP) is 2.15. The zero-order valence-electron chi connectivity index (χ0n) is 11.4. The summed E-state index contributed by atoms with van der Waals surface area (Å²) in [4.78, 5) is 21.5. The minimum absolute atomic E-state index is 0.0310. The zero-order chi connectivity index (χ0) is 16.4. The Morgan fingerprint density at radius 2 is 1.35 bits per heavy atom. The molecular weight excluding hydrogens is 304 g/mol. The molecule has 1 heterocycles. The fourth-order valence-electron chi connectivity index (χ4n) is 1.88. The van der Waals surface area contributed by atoms with Crippen LogP contribution in [0.1, 0.15) is 0 Å². The van der Waals surface area contributed by atoms with Crippen LogP contribution in [0.4, 0.5) is 11.4 Å². The van der Waals surface area contributed by atoms with Crippen LogP contribution in [0.3, 0.4) is 0 Å². The van der Waals surface area contributed by atoms with Gasteiger partial charge in [0, 0.05) is 29.8 Å². The summed E-state index contributed by atoms with van der Waals surface area (Å²) in [7, 11) is 0. The van der Waals surface area contributed by atoms with Crippen molar-refractivity contribution in [1.29, 1.82) is 0 Å². The van der Waals surface area contributed by atoms with Gasteiger partial charge in [-0.05, 0) is 29.5 Å². The van der Waals surface area contributed by atoms with Crippen molar-refractivity contribution < 1.29 is 9.85 Å². The lowest BCUT2D eigenvalue weighted by molar-refractivity contribution is -0.385. The molecule has 1 aromatic heterocycles. The number of hydrogen-bond acceptors (Lipinski definition) is 7. The van der Waals surface area contributed by atoms with Crippen molar-refractivity contribution in [3.05, 3.63) is 68.8 Å². The molecule has 2 aromatic carbocycles. The molecule has 0 unspecified atom stereocenters. The third-order valence-electron chi connectivity index (χ3n) is 3.04. The van der Waals surface area contributed by atoms with Gasteiger partial charge in [-0.2, -0.15) is 0 Å². The molecule has 3 rings (SSSR count). The molecule has 0 amide bonds. The maximum Gasteiger partial charge on any atom is 0.269 e. The Kier molecular flexibility index (Phi) is 3.47. The largest absolute Gasteiger partial charge is 0.269 e. The quantitative estimate of drug-likeness (QED) is 0.532. The van der Waals surface area contributed by atoms with Crippen molar-refractivity contribution in [2.75, 3.05) is 0 Å². The number of rotatable bonds is 4. The first-order valence-corrected chi connectivity index (χ1v) is 6.34. The number of non-ortho nitro benzene ring substituents is 2. The number of nitro groups is 2. The van der Waals surface area contributed by atoms with E-state index in [0.29, 0.717) is 17.1 Å². The summed E-state index contributed by atoms with van der Waals surface area (Å²) in [5, 5.41) is 33.1. The van der Waals surface area contributed by atoms with Gasteiger partial charge in [0.2, 0.25) is 5.82 Å². The van der Waals surface area contributed by atoms with Gasteiger partial charge < -0.3 is 0 Å². The summed E-state index contributed by atoms with van der Waals surface area (Å²) < 4.78 is 0. The monoisotopic (exact) mass is 312 g/mol. The summed E-state index contributed by atoms with van der Waals surface area (Å²) in [5.74, 6) is 0.290. The molecule has 0 N–H and O–H groups in total. The molecule has 10 heteroatoms. The number of nitro benzene ring substituents is 2. The second-order valence-corrected chi connectivity index (χ2v) is 4.48. The minimum Gasteiger partial charge on any atom is -0.258 e. The van der Waals surface area contributed by atoms with Gasteiger partial charge in [-0.3, -0.25) is 20.2 Å². The Balaban J connectivity index is 1.87. The molecule has 0 aliphatic carbocycles. The van der Waals surface area contributed by atoms with E-state index in [-0.39, 0.29) is 11.4 Å². The topological polar surface area (TPSA) is 130 Å². The molecule has 0 atom stereocenters. The van der Waals surface area contributed by atoms with Crippen LogP contribution >= 0.6 is 0 Å². The van der Waals surface area contributed by atoms with Crippen LogP contribution in [-0.4, -0.2) is 30.1 Å². The van der Waals surface area contributed by atoms with Crippen molar-refractivity contribution in [3.63, 3.8) is 0 Å². The minimum atomic E-state index is -0.499. The highest BCUT2D eigenvalue weighted by Gasteiger charge is 2.11. The van der Waals surface area contributed by atoms with Crippen LogP contribution in [0.2, 0.25) is 0 Å². The van der Waals surface area contributed by atoms with Gasteiger partial charge in [-0.25, -0.2) is 0 Å². The van der Waals surface area contributed by atoms with E-state index in [0.717, 1.165) is 0 Å². The van der Waals surface area contributed by atoms with E-state index in [1.165, 1.54) is 53.3 Å². The molecule has 0 spiro atoms. The van der Waals surface area contributed by atoms with Crippen LogP contribution in [0.25, 0.3) is 17.1 Å². The highest BCUT2D eigenvalue weighted by molar-refractivity contribution is 5.56. The Labute approximate surface area is 128 Å². The maximum absolute atomic E-state index is 10.6. The lowest BCUT2D eigenvalue weighted by atomic mass is 10.2. The standard InChI is InChI=1S/C13H8N6O4/c20-18(21)11-3-1-9(2-4-11)13-14-16-17(15-13)10-5-7-12(8-6-10)19(22)23/h1-8H. The molecule has 0 bridgehead atoms. The molecule has 0 fully saturated rings. The van der Waals surface area contributed by atoms with E-state index in [9.17, 15) is 20.2 Å². The molecule has 10 nitrogen and oxygen atoms in total. The fraction of sp³-hybridized carbons (Fsp3) is 0. The van der Waals surface area contributed by atoms with Crippen molar-refractivity contribution in [2.24, 2.45) is 0 Å². The Hall–Kier alpha value is -3.69. The number of nitrogens with zero attached hydrogens (tertiary/aromatic N) is 6. The Morgan fingerprint density at radius 3 is 1.87 bits per heavy atom. The summed E-state index contributed by atoms with van der Waals surface area (Å²) in [6, 6.07) is 11.4. The summed E-state index contributed by atoms with van der Waals surface area (Å²) in [6.07, 6.45) is 0. The average Bonchev–Trinajstić information content (AvgIpc) is 3.05. The second kappa shape index (κ2) is 5.60. The normalized spacial score (nSPS) is 10.4. The van der Waals surface area contributed by atoms with E-state index >= 15 is 0 Å². The molecule has 114 valence electrons. The maximum atomic E-state index is 10.6. The molecule has 0 saturated carbocycles. The highest BCUT2D eigenvalue weighted by atomic mass is 16.6. The van der Waals surface area contributed by atoms with Crippen molar-refractivity contribution in [2.45, 2.75) is 0 Å². The summed E-state index contributed by atoms with van der Waals surface area (Å²) in [5.41, 5.74) is 1.01. The van der Waals surface area contributed by atoms with E-state index < -0.39 is 9.85 Å². The number of tetrazole rings is 1. The van der Waals surface area contributed by atoms with Crippen LogP contribution in [0.5, 0.6) is 0 Å². The van der Waals surface area contributed by atoms with Gasteiger partial charge in [0.1, 0.15) is 0 Å². The first-order chi connectivity index (χ1) is 11.0. The lowest BCUT2D eigenvalue weighted by Crippen LogP contribution is -1.99. The Bertz CT molecular complexity index is 800. The van der Waals surface area contributed by atoms with Gasteiger partial charge in [0.25, 0.3) is 11.4 Å². The summed E-state index contributed by atoms with van der Waals surface area (Å²) >= 11 is 0. The first-order valence-electron chi connectivity index (χ1n) is 6.34. The van der Waals surface area contributed by atoms with Crippen LogP contribution in [0.15, 0.2) is 48.5 Å². The van der Waals surface area contributed by atoms with E-state index in [2.05, 4.69) is 15.4 Å². The molecule has 3 aromatic rings. The predicted molar refractivity (Wildman–Crippen MR) is 77.9 cm³/mol. The van der Waals surface area contributed by atoms with E-state index in [4.69, 9.17) is 0 Å². The number of hydrogen-bond donors (Lipinski definition) is 0. The average molecular weight is 312 g/mol. The van der Waals surface area contributed by atoms with E-state index in [1.54, 1.807) is 0 Å². The third kappa shape index (κ3) is 2.85. The third-order valence-corrected chi connectivity index (χ3v) is 3.04. The van der Waals surface area contributed by atoms with Gasteiger partial charge in [-0.15, -0.1) is 15.0 Å². The molecule has 23 heavy (non-hydrogen) atoms. The fourth-order valence-corrected chi connectivity index (χ4v) is 1.88. The molecule has 0 saturated heterocycles. The van der Waals surface area contributed by atoms with Gasteiger partial charge in [0.05, 0.1) is 15.5 Å². The van der Waals surface area contributed by atoms with Crippen molar-refractivity contribution in [1.82, 2.24) is 20.2 Å². The molecule has 0 aliphatic rings. The van der Waals surface area contributed by atoms with Crippen LogP contribution in [0, 0.1) is 20.2 Å². The van der Waals surface area contributed by atoms with Crippen LogP contribution in [-0.2, 0) is 0 Å². The van der Waals surface area contributed by atoms with E-state index in [1.807, 2.05) is 0 Å². The molecule has 0 aliphatic heterocycles. The summed E-state index contributed by atoms with van der Waals surface area (Å²) in [6.45, 7) is 0. The number of aromatic nitrogens is 4. The number of benzene rings is 2. The van der Waals surface area contributed by atoms with Gasteiger partial charge >= 0.3 is 0 Å². The van der Waals surface area contributed by atoms with Crippen molar-refractivity contribution >= 4 is 11.4 Å². The molecule has 0 radical (unpaired) electrons. The SMILES string of the molecule is O=[N+]([O-])c1ccc(-c2nnn(-c3ccc([N+](=O)[O-])cc3)n2)cc1. The first kappa shape index (κ1) is 14.3. The van der Waals surface area contributed by atoms with Crippen molar-refractivity contribution in [3.8, 4) is 17.1 Å². The van der Waals surface area contributed by atoms with Crippen LogP contribution < -0.4 is 0 Å². The zero-order valence-corrected chi connectivity index (χ0v) is 11.4. The smallest absolute Gasteiger partial charge is 0.258 e. The highest BCUT2D eigenvalue weighted by Crippen LogP contribution is 2.19.